The second-order valence-corrected chi connectivity index (χ2v) is 5.02. The van der Waals surface area contributed by atoms with Crippen LogP contribution < -0.4 is 4.90 Å². The zero-order chi connectivity index (χ0) is 13.3. The van der Waals surface area contributed by atoms with E-state index in [-0.39, 0.29) is 12.5 Å². The molecular weight excluding hydrogens is 252 g/mol. The minimum absolute atomic E-state index is 0.0434. The van der Waals surface area contributed by atoms with Crippen LogP contribution in [-0.2, 0) is 4.79 Å². The molecule has 0 spiro atoms. The molecule has 1 atom stereocenters. The molecule has 0 radical (unpaired) electrons. The summed E-state index contributed by atoms with van der Waals surface area (Å²) in [4.78, 5) is 15.6. The molecule has 1 aromatic rings. The maximum atomic E-state index is 12.0. The molecule has 1 unspecified atom stereocenters. The van der Waals surface area contributed by atoms with Gasteiger partial charge in [-0.1, -0.05) is 11.6 Å². The number of anilines is 1. The molecule has 1 aromatic carbocycles. The van der Waals surface area contributed by atoms with E-state index in [1.54, 1.807) is 18.0 Å². The number of carbonyl (C=O) groups excluding carboxylic acids is 1. The van der Waals surface area contributed by atoms with Crippen molar-refractivity contribution in [3.05, 3.63) is 28.8 Å². The summed E-state index contributed by atoms with van der Waals surface area (Å²) in [5.74, 6) is -0.0434. The van der Waals surface area contributed by atoms with Crippen LogP contribution in [-0.4, -0.2) is 48.7 Å². The first kappa shape index (κ1) is 13.2. The number of aryl methyl sites for hydroxylation is 1. The van der Waals surface area contributed by atoms with Crippen LogP contribution in [0.1, 0.15) is 5.56 Å². The average Bonchev–Trinajstić information content (AvgIpc) is 2.33. The van der Waals surface area contributed by atoms with Crippen LogP contribution >= 0.6 is 11.6 Å². The number of likely N-dealkylation sites (N-methyl/N-ethyl adjacent to an activating group) is 1. The predicted octanol–water partition coefficient (Wildman–Crippen LogP) is 1.29. The average molecular weight is 269 g/mol. The van der Waals surface area contributed by atoms with Crippen molar-refractivity contribution in [2.75, 3.05) is 31.6 Å². The van der Waals surface area contributed by atoms with E-state index >= 15 is 0 Å². The highest BCUT2D eigenvalue weighted by Crippen LogP contribution is 2.27. The number of rotatable bonds is 2. The number of carbonyl (C=O) groups is 1. The lowest BCUT2D eigenvalue weighted by atomic mass is 10.1. The Balaban J connectivity index is 2.34. The first-order valence-corrected chi connectivity index (χ1v) is 6.31. The third-order valence-electron chi connectivity index (χ3n) is 3.36. The van der Waals surface area contributed by atoms with Crippen LogP contribution in [0.4, 0.5) is 5.69 Å². The zero-order valence-electron chi connectivity index (χ0n) is 10.6. The Hall–Kier alpha value is -1.26. The van der Waals surface area contributed by atoms with Gasteiger partial charge in [-0.15, -0.1) is 0 Å². The molecule has 1 heterocycles. The maximum absolute atomic E-state index is 12.0. The summed E-state index contributed by atoms with van der Waals surface area (Å²) in [6.45, 7) is 3.16. The summed E-state index contributed by atoms with van der Waals surface area (Å²) in [6.07, 6.45) is 0. The van der Waals surface area contributed by atoms with E-state index in [0.717, 1.165) is 17.8 Å². The van der Waals surface area contributed by atoms with E-state index in [2.05, 4.69) is 0 Å². The molecule has 1 aliphatic rings. The van der Waals surface area contributed by atoms with Gasteiger partial charge in [0.1, 0.15) is 6.04 Å². The fourth-order valence-electron chi connectivity index (χ4n) is 2.32. The molecule has 2 rings (SSSR count). The summed E-state index contributed by atoms with van der Waals surface area (Å²) in [7, 11) is 1.76. The van der Waals surface area contributed by atoms with E-state index in [4.69, 9.17) is 11.6 Å². The minimum Gasteiger partial charge on any atom is -0.394 e. The Kier molecular flexibility index (Phi) is 3.78. The molecule has 1 aliphatic heterocycles. The fraction of sp³-hybridized carbons (Fsp3) is 0.462. The van der Waals surface area contributed by atoms with Crippen molar-refractivity contribution in [3.63, 3.8) is 0 Å². The smallest absolute Gasteiger partial charge is 0.247 e. The maximum Gasteiger partial charge on any atom is 0.247 e. The number of amides is 1. The molecule has 0 saturated carbocycles. The van der Waals surface area contributed by atoms with Crippen LogP contribution in [0.25, 0.3) is 0 Å². The van der Waals surface area contributed by atoms with Crippen molar-refractivity contribution < 1.29 is 9.90 Å². The molecule has 1 saturated heterocycles. The van der Waals surface area contributed by atoms with Crippen molar-refractivity contribution in [2.45, 2.75) is 13.0 Å². The van der Waals surface area contributed by atoms with Crippen molar-refractivity contribution in [3.8, 4) is 0 Å². The number of piperazine rings is 1. The van der Waals surface area contributed by atoms with Gasteiger partial charge in [-0.25, -0.2) is 0 Å². The van der Waals surface area contributed by atoms with Crippen molar-refractivity contribution >= 4 is 23.2 Å². The molecule has 1 amide bonds. The highest BCUT2D eigenvalue weighted by atomic mass is 35.5. The second kappa shape index (κ2) is 5.16. The molecule has 0 bridgehead atoms. The van der Waals surface area contributed by atoms with E-state index in [9.17, 15) is 9.90 Å². The molecule has 1 fully saturated rings. The molecule has 0 aliphatic carbocycles. The Labute approximate surface area is 112 Å². The Bertz CT molecular complexity index is 464. The Morgan fingerprint density at radius 2 is 2.17 bits per heavy atom. The summed E-state index contributed by atoms with van der Waals surface area (Å²) in [6, 6.07) is 5.08. The first-order valence-electron chi connectivity index (χ1n) is 5.93. The molecule has 18 heavy (non-hydrogen) atoms. The van der Waals surface area contributed by atoms with Crippen molar-refractivity contribution in [1.29, 1.82) is 0 Å². The van der Waals surface area contributed by atoms with Gasteiger partial charge in [0.05, 0.1) is 6.61 Å². The lowest BCUT2D eigenvalue weighted by Gasteiger charge is -2.40. The van der Waals surface area contributed by atoms with Crippen LogP contribution in [0.3, 0.4) is 0 Å². The topological polar surface area (TPSA) is 43.8 Å². The lowest BCUT2D eigenvalue weighted by molar-refractivity contribution is -0.133. The van der Waals surface area contributed by atoms with Gasteiger partial charge >= 0.3 is 0 Å². The summed E-state index contributed by atoms with van der Waals surface area (Å²) >= 11 is 5.93. The second-order valence-electron chi connectivity index (χ2n) is 4.58. The molecule has 98 valence electrons. The predicted molar refractivity (Wildman–Crippen MR) is 72.0 cm³/mol. The minimum atomic E-state index is -0.497. The number of nitrogens with zero attached hydrogens (tertiary/aromatic N) is 2. The van der Waals surface area contributed by atoms with E-state index in [1.165, 1.54) is 0 Å². The summed E-state index contributed by atoms with van der Waals surface area (Å²) in [5, 5.41) is 10.1. The Morgan fingerprint density at radius 1 is 1.44 bits per heavy atom. The number of hydrogen-bond acceptors (Lipinski definition) is 3. The van der Waals surface area contributed by atoms with Crippen molar-refractivity contribution in [1.82, 2.24) is 4.90 Å². The number of benzene rings is 1. The molecule has 5 heteroatoms. The van der Waals surface area contributed by atoms with Gasteiger partial charge in [-0.3, -0.25) is 4.79 Å². The van der Waals surface area contributed by atoms with Gasteiger partial charge in [-0.2, -0.15) is 0 Å². The number of aliphatic hydroxyl groups excluding tert-OH is 1. The lowest BCUT2D eigenvalue weighted by Crippen LogP contribution is -2.57. The molecular formula is C13H17ClN2O2. The van der Waals surface area contributed by atoms with E-state index in [0.29, 0.717) is 11.6 Å². The van der Waals surface area contributed by atoms with Gasteiger partial charge in [0.2, 0.25) is 5.91 Å². The number of halogens is 1. The van der Waals surface area contributed by atoms with E-state index in [1.807, 2.05) is 24.0 Å². The Morgan fingerprint density at radius 3 is 2.78 bits per heavy atom. The van der Waals surface area contributed by atoms with Gasteiger partial charge < -0.3 is 14.9 Å². The monoisotopic (exact) mass is 268 g/mol. The SMILES string of the molecule is Cc1cc(Cl)ccc1N1CCN(C)C(=O)C1CO. The number of hydrogen-bond donors (Lipinski definition) is 1. The zero-order valence-corrected chi connectivity index (χ0v) is 11.3. The van der Waals surface area contributed by atoms with Gasteiger partial charge in [0.25, 0.3) is 0 Å². The summed E-state index contributed by atoms with van der Waals surface area (Å²) in [5.41, 5.74) is 1.97. The highest BCUT2D eigenvalue weighted by molar-refractivity contribution is 6.30. The molecule has 0 aromatic heterocycles. The molecule has 4 nitrogen and oxygen atoms in total. The molecule has 1 N–H and O–H groups in total. The van der Waals surface area contributed by atoms with Crippen LogP contribution in [0.15, 0.2) is 18.2 Å². The normalized spacial score (nSPS) is 20.4. The van der Waals surface area contributed by atoms with Crippen LogP contribution in [0, 0.1) is 6.92 Å². The highest BCUT2D eigenvalue weighted by Gasteiger charge is 2.33. The number of aliphatic hydroxyl groups is 1. The van der Waals surface area contributed by atoms with Gasteiger partial charge in [0, 0.05) is 30.8 Å². The van der Waals surface area contributed by atoms with Crippen molar-refractivity contribution in [2.24, 2.45) is 0 Å². The quantitative estimate of drug-likeness (QED) is 0.879. The third kappa shape index (κ3) is 2.31. The summed E-state index contributed by atoms with van der Waals surface area (Å²) < 4.78 is 0. The van der Waals surface area contributed by atoms with Gasteiger partial charge in [-0.05, 0) is 30.7 Å². The van der Waals surface area contributed by atoms with Gasteiger partial charge in [0.15, 0.2) is 0 Å². The largest absolute Gasteiger partial charge is 0.394 e. The first-order chi connectivity index (χ1) is 8.54. The van der Waals surface area contributed by atoms with E-state index < -0.39 is 6.04 Å². The van der Waals surface area contributed by atoms with Crippen LogP contribution in [0.2, 0.25) is 5.02 Å². The standard InChI is InChI=1S/C13H17ClN2O2/c1-9-7-10(14)3-4-11(9)16-6-5-15(2)13(18)12(16)8-17/h3-4,7,12,17H,5-6,8H2,1-2H3. The third-order valence-corrected chi connectivity index (χ3v) is 3.59. The van der Waals surface area contributed by atoms with Crippen LogP contribution in [0.5, 0.6) is 0 Å². The fourth-order valence-corrected chi connectivity index (χ4v) is 2.54.